The molecule has 0 saturated carbocycles. The minimum absolute atomic E-state index is 0.380. The van der Waals surface area contributed by atoms with Crippen LogP contribution in [0.4, 0.5) is 0 Å². The van der Waals surface area contributed by atoms with Crippen molar-refractivity contribution in [1.29, 1.82) is 0 Å². The van der Waals surface area contributed by atoms with Crippen molar-refractivity contribution in [3.05, 3.63) is 0 Å². The van der Waals surface area contributed by atoms with E-state index in [1.54, 1.807) is 0 Å². The van der Waals surface area contributed by atoms with Crippen molar-refractivity contribution in [2.24, 2.45) is 5.92 Å². The summed E-state index contributed by atoms with van der Waals surface area (Å²) in [5, 5.41) is 0. The number of nitrogens with zero attached hydrogens (tertiary/aromatic N) is 2. The van der Waals surface area contributed by atoms with Crippen LogP contribution in [-0.2, 0) is 4.43 Å². The second kappa shape index (κ2) is 7.93. The maximum Gasteiger partial charge on any atom is 0.230 e. The quantitative estimate of drug-likeness (QED) is 0.672. The fourth-order valence-corrected chi connectivity index (χ4v) is 4.85. The molecule has 1 saturated heterocycles. The van der Waals surface area contributed by atoms with E-state index in [0.717, 1.165) is 5.92 Å². The van der Waals surface area contributed by atoms with E-state index >= 15 is 0 Å². The van der Waals surface area contributed by atoms with Crippen LogP contribution >= 0.6 is 0 Å². The molecule has 1 rings (SSSR count). The van der Waals surface area contributed by atoms with Gasteiger partial charge in [0.05, 0.1) is 0 Å². The summed E-state index contributed by atoms with van der Waals surface area (Å²) in [6.45, 7) is 20.3. The lowest BCUT2D eigenvalue weighted by Crippen LogP contribution is -2.56. The van der Waals surface area contributed by atoms with Crippen molar-refractivity contribution >= 4 is 18.0 Å². The number of piperazine rings is 1. The summed E-state index contributed by atoms with van der Waals surface area (Å²) in [5.41, 5.74) is 0. The molecule has 1 unspecified atom stereocenters. The summed E-state index contributed by atoms with van der Waals surface area (Å²) in [7, 11) is -0.402. The van der Waals surface area contributed by atoms with E-state index in [0.29, 0.717) is 15.9 Å². The van der Waals surface area contributed by atoms with Gasteiger partial charge in [0.2, 0.25) is 9.76 Å². The average Bonchev–Trinajstić information content (AvgIpc) is 2.27. The first-order valence-electron chi connectivity index (χ1n) is 7.65. The summed E-state index contributed by atoms with van der Waals surface area (Å²) >= 11 is 0. The van der Waals surface area contributed by atoms with Crippen LogP contribution in [0.1, 0.15) is 20.8 Å². The number of hydrogen-bond donors (Lipinski definition) is 0. The molecule has 0 aromatic carbocycles. The molecular formula is C14H32N2OSi2. The molecule has 3 nitrogen and oxygen atoms in total. The van der Waals surface area contributed by atoms with E-state index < -0.39 is 8.24 Å². The molecule has 0 N–H and O–H groups in total. The lowest BCUT2D eigenvalue weighted by atomic mass is 10.2. The van der Waals surface area contributed by atoms with Crippen LogP contribution in [-0.4, -0.2) is 66.3 Å². The first-order chi connectivity index (χ1) is 8.79. The zero-order valence-electron chi connectivity index (χ0n) is 13.7. The third-order valence-corrected chi connectivity index (χ3v) is 7.49. The minimum atomic E-state index is -1.07. The fourth-order valence-electron chi connectivity index (χ4n) is 2.46. The largest absolute Gasteiger partial charge is 0.415 e. The molecule has 1 heterocycles. The molecule has 0 amide bonds. The zero-order valence-corrected chi connectivity index (χ0v) is 15.7. The molecule has 0 spiro atoms. The fraction of sp³-hybridized carbons (Fsp3) is 1.00. The molecule has 0 aromatic rings. The van der Waals surface area contributed by atoms with Crippen molar-refractivity contribution in [3.63, 3.8) is 0 Å². The highest BCUT2D eigenvalue weighted by Gasteiger charge is 2.27. The van der Waals surface area contributed by atoms with Gasteiger partial charge in [-0.15, -0.1) is 0 Å². The van der Waals surface area contributed by atoms with Gasteiger partial charge in [-0.3, -0.25) is 0 Å². The van der Waals surface area contributed by atoms with Crippen molar-refractivity contribution in [1.82, 2.24) is 9.47 Å². The Kier molecular flexibility index (Phi) is 7.25. The molecule has 1 fully saturated rings. The number of hydrogen-bond acceptors (Lipinski definition) is 3. The molecule has 1 aliphatic heterocycles. The van der Waals surface area contributed by atoms with Gasteiger partial charge < -0.3 is 13.9 Å². The smallest absolute Gasteiger partial charge is 0.230 e. The van der Waals surface area contributed by atoms with E-state index in [9.17, 15) is 0 Å². The standard InChI is InChI=1S/C14H32N2OSi2/c1-13(2)17-18-12-14(3)11-15-7-9-16(10-8-15)19(4,5)6/h13-14H,7-12H2,1-6H3. The molecule has 0 aromatic heterocycles. The summed E-state index contributed by atoms with van der Waals surface area (Å²) in [4.78, 5) is 2.64. The van der Waals surface area contributed by atoms with E-state index in [1.807, 2.05) is 0 Å². The van der Waals surface area contributed by atoms with Crippen LogP contribution in [0.15, 0.2) is 0 Å². The van der Waals surface area contributed by atoms with Gasteiger partial charge in [-0.2, -0.15) is 0 Å². The van der Waals surface area contributed by atoms with Crippen molar-refractivity contribution in [2.75, 3.05) is 32.7 Å². The topological polar surface area (TPSA) is 15.7 Å². The Labute approximate surface area is 123 Å². The van der Waals surface area contributed by atoms with Gasteiger partial charge in [-0.1, -0.05) is 26.6 Å². The molecule has 1 atom stereocenters. The molecule has 1 aliphatic rings. The second-order valence-electron chi connectivity index (χ2n) is 7.08. The van der Waals surface area contributed by atoms with Gasteiger partial charge in [0.25, 0.3) is 0 Å². The predicted molar refractivity (Wildman–Crippen MR) is 87.3 cm³/mol. The Balaban J connectivity index is 2.18. The summed E-state index contributed by atoms with van der Waals surface area (Å²) < 4.78 is 8.40. The predicted octanol–water partition coefficient (Wildman–Crippen LogP) is 2.54. The van der Waals surface area contributed by atoms with Gasteiger partial charge in [0, 0.05) is 38.8 Å². The maximum atomic E-state index is 5.67. The first kappa shape index (κ1) is 17.4. The van der Waals surface area contributed by atoms with Crippen LogP contribution in [0.2, 0.25) is 25.7 Å². The second-order valence-corrected chi connectivity index (χ2v) is 13.0. The van der Waals surface area contributed by atoms with E-state index in [2.05, 4.69) is 49.9 Å². The molecule has 0 bridgehead atoms. The summed E-state index contributed by atoms with van der Waals surface area (Å²) in [6, 6.07) is 1.21. The van der Waals surface area contributed by atoms with Crippen LogP contribution in [0.25, 0.3) is 0 Å². The molecule has 2 radical (unpaired) electrons. The van der Waals surface area contributed by atoms with E-state index in [4.69, 9.17) is 4.43 Å². The minimum Gasteiger partial charge on any atom is -0.415 e. The highest BCUT2D eigenvalue weighted by Crippen LogP contribution is 2.14. The maximum absolute atomic E-state index is 5.67. The third kappa shape index (κ3) is 7.04. The molecule has 19 heavy (non-hydrogen) atoms. The summed E-state index contributed by atoms with van der Waals surface area (Å²) in [5.74, 6) is 0.760. The summed E-state index contributed by atoms with van der Waals surface area (Å²) in [6.07, 6.45) is 0.380. The Morgan fingerprint density at radius 3 is 2.11 bits per heavy atom. The van der Waals surface area contributed by atoms with Gasteiger partial charge in [-0.25, -0.2) is 0 Å². The van der Waals surface area contributed by atoms with Gasteiger partial charge in [0.1, 0.15) is 8.24 Å². The van der Waals surface area contributed by atoms with E-state index in [-0.39, 0.29) is 0 Å². The average molecular weight is 301 g/mol. The van der Waals surface area contributed by atoms with E-state index in [1.165, 1.54) is 38.8 Å². The highest BCUT2D eigenvalue weighted by atomic mass is 28.3. The molecule has 0 aliphatic carbocycles. The van der Waals surface area contributed by atoms with Gasteiger partial charge in [-0.05, 0) is 25.8 Å². The van der Waals surface area contributed by atoms with Gasteiger partial charge in [0.15, 0.2) is 0 Å². The van der Waals surface area contributed by atoms with Crippen LogP contribution in [0.3, 0.4) is 0 Å². The lowest BCUT2D eigenvalue weighted by Gasteiger charge is -2.42. The Hall–Kier alpha value is 0.314. The Bertz CT molecular complexity index is 248. The third-order valence-electron chi connectivity index (χ3n) is 3.64. The van der Waals surface area contributed by atoms with Crippen LogP contribution in [0, 0.1) is 5.92 Å². The van der Waals surface area contributed by atoms with Crippen LogP contribution in [0.5, 0.6) is 0 Å². The monoisotopic (exact) mass is 300 g/mol. The molecule has 5 heteroatoms. The Morgan fingerprint density at radius 2 is 1.63 bits per heavy atom. The molecular weight excluding hydrogens is 268 g/mol. The lowest BCUT2D eigenvalue weighted by molar-refractivity contribution is 0.166. The highest BCUT2D eigenvalue weighted by molar-refractivity contribution is 6.73. The number of rotatable bonds is 7. The van der Waals surface area contributed by atoms with Crippen molar-refractivity contribution in [2.45, 2.75) is 52.6 Å². The first-order valence-corrected chi connectivity index (χ1v) is 12.2. The van der Waals surface area contributed by atoms with Gasteiger partial charge >= 0.3 is 0 Å². The zero-order chi connectivity index (χ0) is 14.5. The van der Waals surface area contributed by atoms with Crippen LogP contribution < -0.4 is 0 Å². The molecule has 112 valence electrons. The Morgan fingerprint density at radius 1 is 1.05 bits per heavy atom. The normalized spacial score (nSPS) is 21.0. The van der Waals surface area contributed by atoms with Crippen molar-refractivity contribution < 1.29 is 4.43 Å². The SMILES string of the molecule is CC(C[Si]OC(C)C)CN1CCN([Si](C)(C)C)CC1. The van der Waals surface area contributed by atoms with Crippen molar-refractivity contribution in [3.8, 4) is 0 Å².